The first kappa shape index (κ1) is 14.4. The molecular weight excluding hydrogens is 312 g/mol. The fourth-order valence-corrected chi connectivity index (χ4v) is 3.06. The van der Waals surface area contributed by atoms with E-state index >= 15 is 0 Å². The third-order valence-corrected chi connectivity index (χ3v) is 4.75. The molecule has 3 rings (SSSR count). The second-order valence-electron chi connectivity index (χ2n) is 6.21. The van der Waals surface area contributed by atoms with Crippen LogP contribution >= 0.6 is 15.9 Å². The minimum Gasteiger partial charge on any atom is -0.368 e. The minimum absolute atomic E-state index is 0.775. The summed E-state index contributed by atoms with van der Waals surface area (Å²) in [6.45, 7) is 4.50. The Balaban J connectivity index is 1.77. The van der Waals surface area contributed by atoms with Gasteiger partial charge in [0.05, 0.1) is 0 Å². The number of anilines is 1. The van der Waals surface area contributed by atoms with E-state index in [1.54, 1.807) is 0 Å². The lowest BCUT2D eigenvalue weighted by atomic mass is 10.1. The van der Waals surface area contributed by atoms with Crippen LogP contribution in [0.3, 0.4) is 0 Å². The van der Waals surface area contributed by atoms with Gasteiger partial charge in [-0.1, -0.05) is 35.3 Å². The molecule has 1 N–H and O–H groups in total. The van der Waals surface area contributed by atoms with Gasteiger partial charge in [0, 0.05) is 35.3 Å². The molecule has 2 nitrogen and oxygen atoms in total. The molecular formula is C17H25BrN2. The molecule has 2 fully saturated rings. The van der Waals surface area contributed by atoms with Gasteiger partial charge in [-0.3, -0.25) is 0 Å². The van der Waals surface area contributed by atoms with Crippen molar-refractivity contribution in [2.75, 3.05) is 11.4 Å². The molecule has 20 heavy (non-hydrogen) atoms. The molecule has 0 heterocycles. The first-order valence-electron chi connectivity index (χ1n) is 8.06. The number of nitrogens with zero attached hydrogens (tertiary/aromatic N) is 1. The summed E-state index contributed by atoms with van der Waals surface area (Å²) in [5.41, 5.74) is 2.91. The zero-order chi connectivity index (χ0) is 13.9. The minimum atomic E-state index is 0.775. The maximum absolute atomic E-state index is 3.66. The van der Waals surface area contributed by atoms with Crippen LogP contribution in [0.15, 0.2) is 22.7 Å². The fraction of sp³-hybridized carbons (Fsp3) is 0.647. The zero-order valence-corrected chi connectivity index (χ0v) is 14.0. The van der Waals surface area contributed by atoms with E-state index < -0.39 is 0 Å². The average Bonchev–Trinajstić information content (AvgIpc) is 3.31. The second-order valence-corrected chi connectivity index (χ2v) is 7.12. The summed E-state index contributed by atoms with van der Waals surface area (Å²) in [5.74, 6) is 0. The summed E-state index contributed by atoms with van der Waals surface area (Å²) in [6, 6.07) is 8.35. The van der Waals surface area contributed by atoms with Crippen molar-refractivity contribution in [1.29, 1.82) is 0 Å². The van der Waals surface area contributed by atoms with E-state index in [0.29, 0.717) is 0 Å². The molecule has 0 aromatic heterocycles. The third-order valence-electron chi connectivity index (χ3n) is 4.26. The lowest BCUT2D eigenvalue weighted by molar-refractivity contribution is 0.673. The number of halogens is 1. The molecule has 110 valence electrons. The molecule has 2 saturated carbocycles. The first-order valence-corrected chi connectivity index (χ1v) is 8.85. The fourth-order valence-electron chi connectivity index (χ4n) is 2.71. The lowest BCUT2D eigenvalue weighted by Gasteiger charge is -2.27. The van der Waals surface area contributed by atoms with Gasteiger partial charge < -0.3 is 10.2 Å². The van der Waals surface area contributed by atoms with Crippen molar-refractivity contribution in [3.05, 3.63) is 28.2 Å². The number of unbranched alkanes of at least 4 members (excludes halogenated alkanes) is 1. The van der Waals surface area contributed by atoms with Crippen LogP contribution in [0.1, 0.15) is 51.0 Å². The van der Waals surface area contributed by atoms with Crippen LogP contribution in [0.25, 0.3) is 0 Å². The molecule has 0 saturated heterocycles. The highest BCUT2D eigenvalue weighted by Gasteiger charge is 2.30. The largest absolute Gasteiger partial charge is 0.368 e. The SMILES string of the molecule is CCCCN(c1cc(Br)ccc1CNC1CC1)C1CC1. The monoisotopic (exact) mass is 336 g/mol. The van der Waals surface area contributed by atoms with Gasteiger partial charge in [0.2, 0.25) is 0 Å². The Bertz CT molecular complexity index is 452. The Morgan fingerprint density at radius 3 is 2.70 bits per heavy atom. The van der Waals surface area contributed by atoms with E-state index in [-0.39, 0.29) is 0 Å². The first-order chi connectivity index (χ1) is 9.78. The quantitative estimate of drug-likeness (QED) is 0.753. The molecule has 2 aliphatic carbocycles. The van der Waals surface area contributed by atoms with Crippen LogP contribution in [-0.2, 0) is 6.54 Å². The highest BCUT2D eigenvalue weighted by atomic mass is 79.9. The summed E-state index contributed by atoms with van der Waals surface area (Å²) in [7, 11) is 0. The number of nitrogens with one attached hydrogen (secondary N) is 1. The van der Waals surface area contributed by atoms with Crippen molar-refractivity contribution >= 4 is 21.6 Å². The van der Waals surface area contributed by atoms with E-state index in [4.69, 9.17) is 0 Å². The standard InChI is InChI=1S/C17H25BrN2/c1-2-3-10-20(16-8-9-16)17-11-14(18)5-4-13(17)12-19-15-6-7-15/h4-5,11,15-16,19H,2-3,6-10,12H2,1H3. The molecule has 1 aromatic carbocycles. The van der Waals surface area contributed by atoms with E-state index in [0.717, 1.165) is 18.6 Å². The molecule has 3 heteroatoms. The van der Waals surface area contributed by atoms with E-state index in [1.807, 2.05) is 0 Å². The number of hydrogen-bond donors (Lipinski definition) is 1. The highest BCUT2D eigenvalue weighted by molar-refractivity contribution is 9.10. The Hall–Kier alpha value is -0.540. The molecule has 0 spiro atoms. The summed E-state index contributed by atoms with van der Waals surface area (Å²) in [5, 5.41) is 3.66. The Kier molecular flexibility index (Phi) is 4.67. The Morgan fingerprint density at radius 2 is 2.05 bits per heavy atom. The van der Waals surface area contributed by atoms with Gasteiger partial charge in [0.25, 0.3) is 0 Å². The van der Waals surface area contributed by atoms with Crippen molar-refractivity contribution in [3.63, 3.8) is 0 Å². The summed E-state index contributed by atoms with van der Waals surface area (Å²) in [4.78, 5) is 2.65. The van der Waals surface area contributed by atoms with Crippen LogP contribution < -0.4 is 10.2 Å². The highest BCUT2D eigenvalue weighted by Crippen LogP contribution is 2.35. The van der Waals surface area contributed by atoms with E-state index in [2.05, 4.69) is 51.3 Å². The Labute approximate surface area is 131 Å². The predicted octanol–water partition coefficient (Wildman–Crippen LogP) is 4.47. The van der Waals surface area contributed by atoms with Crippen molar-refractivity contribution < 1.29 is 0 Å². The van der Waals surface area contributed by atoms with Gasteiger partial charge in [0.1, 0.15) is 0 Å². The molecule has 2 aliphatic rings. The molecule has 0 unspecified atom stereocenters. The summed E-state index contributed by atoms with van der Waals surface area (Å²) >= 11 is 3.65. The third kappa shape index (κ3) is 3.76. The van der Waals surface area contributed by atoms with Crippen LogP contribution in [-0.4, -0.2) is 18.6 Å². The zero-order valence-electron chi connectivity index (χ0n) is 12.4. The summed E-state index contributed by atoms with van der Waals surface area (Å²) in [6.07, 6.45) is 8.00. The molecule has 0 atom stereocenters. The maximum Gasteiger partial charge on any atom is 0.0425 e. The lowest BCUT2D eigenvalue weighted by Crippen LogP contribution is -2.29. The van der Waals surface area contributed by atoms with Crippen molar-refractivity contribution in [2.45, 2.75) is 64.1 Å². The van der Waals surface area contributed by atoms with E-state index in [1.165, 1.54) is 60.8 Å². The van der Waals surface area contributed by atoms with Gasteiger partial charge in [-0.25, -0.2) is 0 Å². The van der Waals surface area contributed by atoms with Gasteiger partial charge >= 0.3 is 0 Å². The predicted molar refractivity (Wildman–Crippen MR) is 89.3 cm³/mol. The van der Waals surface area contributed by atoms with Crippen LogP contribution in [0.4, 0.5) is 5.69 Å². The number of rotatable bonds is 8. The smallest absolute Gasteiger partial charge is 0.0425 e. The second kappa shape index (κ2) is 6.48. The summed E-state index contributed by atoms with van der Waals surface area (Å²) < 4.78 is 1.20. The molecule has 0 amide bonds. The van der Waals surface area contributed by atoms with Gasteiger partial charge in [-0.2, -0.15) is 0 Å². The molecule has 1 aromatic rings. The molecule has 0 radical (unpaired) electrons. The topological polar surface area (TPSA) is 15.3 Å². The van der Waals surface area contributed by atoms with Crippen molar-refractivity contribution in [3.8, 4) is 0 Å². The molecule has 0 bridgehead atoms. The number of benzene rings is 1. The van der Waals surface area contributed by atoms with Crippen LogP contribution in [0.2, 0.25) is 0 Å². The van der Waals surface area contributed by atoms with Gasteiger partial charge in [-0.15, -0.1) is 0 Å². The maximum atomic E-state index is 3.66. The van der Waals surface area contributed by atoms with Gasteiger partial charge in [-0.05, 0) is 49.8 Å². The van der Waals surface area contributed by atoms with Crippen LogP contribution in [0.5, 0.6) is 0 Å². The van der Waals surface area contributed by atoms with E-state index in [9.17, 15) is 0 Å². The normalized spacial score (nSPS) is 18.3. The van der Waals surface area contributed by atoms with Crippen LogP contribution in [0, 0.1) is 0 Å². The number of hydrogen-bond acceptors (Lipinski definition) is 2. The molecule has 0 aliphatic heterocycles. The van der Waals surface area contributed by atoms with Crippen molar-refractivity contribution in [2.24, 2.45) is 0 Å². The average molecular weight is 337 g/mol. The van der Waals surface area contributed by atoms with Gasteiger partial charge in [0.15, 0.2) is 0 Å². The van der Waals surface area contributed by atoms with Crippen molar-refractivity contribution in [1.82, 2.24) is 5.32 Å². The Morgan fingerprint density at radius 1 is 1.25 bits per heavy atom.